The molecule has 12 nitrogen and oxygen atoms in total. The van der Waals surface area contributed by atoms with Crippen molar-refractivity contribution in [1.82, 2.24) is 19.4 Å². The summed E-state index contributed by atoms with van der Waals surface area (Å²) < 4.78 is 1.56. The van der Waals surface area contributed by atoms with Gasteiger partial charge in [-0.1, -0.05) is 24.3 Å². The molecule has 0 aliphatic carbocycles. The molecule has 14 heteroatoms. The van der Waals surface area contributed by atoms with Gasteiger partial charge in [0, 0.05) is 35.4 Å². The van der Waals surface area contributed by atoms with Crippen molar-refractivity contribution in [3.8, 4) is 22.5 Å². The van der Waals surface area contributed by atoms with Crippen molar-refractivity contribution in [2.45, 2.75) is 10.3 Å². The topological polar surface area (TPSA) is 162 Å². The largest absolute Gasteiger partial charge is 0.426 e. The Balaban J connectivity index is 1.53. The number of benzene rings is 2. The van der Waals surface area contributed by atoms with Crippen LogP contribution >= 0.6 is 21.6 Å². The average molecular weight is 472 g/mol. The number of nitrogens with zero attached hydrogens (tertiary/aromatic N) is 6. The molecule has 2 aromatic carbocycles. The molecule has 0 aliphatic rings. The SMILES string of the molecule is O=[N+]([O-])c1cccc(-c2cnc(SSc3ncc(-c4cccc([N+](=O)[O-])c4)n3O)n2O)c1. The first-order valence-corrected chi connectivity index (χ1v) is 10.9. The highest BCUT2D eigenvalue weighted by molar-refractivity contribution is 8.76. The van der Waals surface area contributed by atoms with E-state index in [1.807, 2.05) is 0 Å². The van der Waals surface area contributed by atoms with Gasteiger partial charge in [0.25, 0.3) is 11.4 Å². The Morgan fingerprint density at radius 3 is 1.53 bits per heavy atom. The van der Waals surface area contributed by atoms with E-state index in [-0.39, 0.29) is 33.1 Å². The molecular formula is C18H12N6O6S2. The molecule has 4 rings (SSSR count). The first-order chi connectivity index (χ1) is 15.3. The minimum atomic E-state index is -0.535. The van der Waals surface area contributed by atoms with Crippen molar-refractivity contribution in [1.29, 1.82) is 0 Å². The van der Waals surface area contributed by atoms with Crippen molar-refractivity contribution < 1.29 is 20.3 Å². The molecule has 0 aliphatic heterocycles. The molecule has 0 fully saturated rings. The molecule has 2 heterocycles. The van der Waals surface area contributed by atoms with E-state index in [0.29, 0.717) is 11.1 Å². The van der Waals surface area contributed by atoms with E-state index in [9.17, 15) is 30.6 Å². The van der Waals surface area contributed by atoms with Gasteiger partial charge in [-0.05, 0) is 21.6 Å². The Kier molecular flexibility index (Phi) is 5.70. The van der Waals surface area contributed by atoms with Gasteiger partial charge < -0.3 is 10.4 Å². The molecule has 0 amide bonds. The Labute approximate surface area is 186 Å². The van der Waals surface area contributed by atoms with Crippen LogP contribution in [0.4, 0.5) is 11.4 Å². The fraction of sp³-hybridized carbons (Fsp3) is 0. The smallest absolute Gasteiger partial charge is 0.270 e. The van der Waals surface area contributed by atoms with Gasteiger partial charge in [0.05, 0.1) is 22.2 Å². The fourth-order valence-corrected chi connectivity index (χ4v) is 4.60. The molecule has 0 spiro atoms. The molecule has 2 aromatic heterocycles. The molecule has 0 atom stereocenters. The van der Waals surface area contributed by atoms with E-state index in [4.69, 9.17) is 0 Å². The van der Waals surface area contributed by atoms with Crippen LogP contribution in [0.3, 0.4) is 0 Å². The normalized spacial score (nSPS) is 10.9. The van der Waals surface area contributed by atoms with Gasteiger partial charge in [0.1, 0.15) is 11.4 Å². The molecule has 0 unspecified atom stereocenters. The summed E-state index contributed by atoms with van der Waals surface area (Å²) in [6, 6.07) is 11.5. The zero-order valence-electron chi connectivity index (χ0n) is 15.8. The lowest BCUT2D eigenvalue weighted by atomic mass is 10.1. The summed E-state index contributed by atoms with van der Waals surface area (Å²) in [5.41, 5.74) is 1.07. The molecule has 0 bridgehead atoms. The Morgan fingerprint density at radius 1 is 0.750 bits per heavy atom. The lowest BCUT2D eigenvalue weighted by Gasteiger charge is -2.05. The van der Waals surface area contributed by atoms with Gasteiger partial charge in [-0.25, -0.2) is 9.97 Å². The van der Waals surface area contributed by atoms with Crippen LogP contribution in [0.25, 0.3) is 22.5 Å². The van der Waals surface area contributed by atoms with Crippen LogP contribution < -0.4 is 0 Å². The number of aromatic nitrogens is 4. The van der Waals surface area contributed by atoms with E-state index in [2.05, 4.69) is 9.97 Å². The van der Waals surface area contributed by atoms with Gasteiger partial charge >= 0.3 is 0 Å². The van der Waals surface area contributed by atoms with Crippen LogP contribution in [0, 0.1) is 20.2 Å². The van der Waals surface area contributed by atoms with E-state index in [0.717, 1.165) is 31.0 Å². The maximum atomic E-state index is 11.0. The first kappa shape index (κ1) is 21.2. The third-order valence-corrected chi connectivity index (χ3v) is 6.39. The van der Waals surface area contributed by atoms with Crippen molar-refractivity contribution in [2.75, 3.05) is 0 Å². The van der Waals surface area contributed by atoms with Crippen molar-refractivity contribution in [2.24, 2.45) is 0 Å². The van der Waals surface area contributed by atoms with Gasteiger partial charge in [0.2, 0.25) is 10.3 Å². The average Bonchev–Trinajstić information content (AvgIpc) is 3.34. The van der Waals surface area contributed by atoms with E-state index in [1.54, 1.807) is 12.1 Å². The highest BCUT2D eigenvalue weighted by Gasteiger charge is 2.18. The number of hydrogen-bond donors (Lipinski definition) is 2. The van der Waals surface area contributed by atoms with Crippen LogP contribution in [0.5, 0.6) is 0 Å². The first-order valence-electron chi connectivity index (χ1n) is 8.73. The third-order valence-electron chi connectivity index (χ3n) is 4.31. The summed E-state index contributed by atoms with van der Waals surface area (Å²) in [5, 5.41) is 43.1. The minimum Gasteiger partial charge on any atom is -0.426 e. The predicted molar refractivity (Wildman–Crippen MR) is 115 cm³/mol. The summed E-state index contributed by atoms with van der Waals surface area (Å²) in [5.74, 6) is 0. The van der Waals surface area contributed by atoms with Crippen molar-refractivity contribution in [3.63, 3.8) is 0 Å². The second-order valence-electron chi connectivity index (χ2n) is 6.26. The lowest BCUT2D eigenvalue weighted by molar-refractivity contribution is -0.385. The van der Waals surface area contributed by atoms with Crippen LogP contribution in [-0.4, -0.2) is 39.7 Å². The summed E-state index contributed by atoms with van der Waals surface area (Å²) in [6.45, 7) is 0. The molecule has 0 saturated heterocycles. The number of non-ortho nitro benzene ring substituents is 2. The standard InChI is InChI=1S/C18H12N6O6S2/c25-21-15(11-3-1-5-13(7-11)23(27)28)9-19-17(21)31-32-18-20-10-16(22(18)26)12-4-2-6-14(8-12)24(29)30/h1-10,25-26H. The van der Waals surface area contributed by atoms with Gasteiger partial charge in [-0.15, -0.1) is 0 Å². The molecular weight excluding hydrogens is 460 g/mol. The summed E-state index contributed by atoms with van der Waals surface area (Å²) >= 11 is 0. The second kappa shape index (κ2) is 8.60. The molecule has 0 radical (unpaired) electrons. The molecule has 32 heavy (non-hydrogen) atoms. The summed E-state index contributed by atoms with van der Waals surface area (Å²) in [4.78, 5) is 29.1. The van der Waals surface area contributed by atoms with Gasteiger partial charge in [-0.3, -0.25) is 20.2 Å². The number of imidazole rings is 2. The van der Waals surface area contributed by atoms with Gasteiger partial charge in [-0.2, -0.15) is 9.46 Å². The number of rotatable bonds is 7. The zero-order valence-corrected chi connectivity index (χ0v) is 17.4. The number of nitro groups is 2. The van der Waals surface area contributed by atoms with Gasteiger partial charge in [0.15, 0.2) is 0 Å². The Morgan fingerprint density at radius 2 is 1.16 bits per heavy atom. The summed E-state index contributed by atoms with van der Waals surface area (Å²) in [7, 11) is 1.98. The molecule has 4 aromatic rings. The third kappa shape index (κ3) is 4.08. The predicted octanol–water partition coefficient (Wildman–Crippen LogP) is 4.50. The van der Waals surface area contributed by atoms with E-state index in [1.165, 1.54) is 48.8 Å². The van der Waals surface area contributed by atoms with E-state index < -0.39 is 9.85 Å². The molecule has 162 valence electrons. The zero-order chi connectivity index (χ0) is 22.8. The Hall–Kier alpha value is -4.04. The monoisotopic (exact) mass is 472 g/mol. The van der Waals surface area contributed by atoms with E-state index >= 15 is 0 Å². The fourth-order valence-electron chi connectivity index (χ4n) is 2.80. The highest BCUT2D eigenvalue weighted by Crippen LogP contribution is 2.38. The minimum absolute atomic E-state index is 0.122. The van der Waals surface area contributed by atoms with Crippen molar-refractivity contribution in [3.05, 3.63) is 81.2 Å². The summed E-state index contributed by atoms with van der Waals surface area (Å²) in [6.07, 6.45) is 2.73. The molecule has 2 N–H and O–H groups in total. The lowest BCUT2D eigenvalue weighted by Crippen LogP contribution is -1.97. The van der Waals surface area contributed by atoms with Crippen LogP contribution in [-0.2, 0) is 0 Å². The van der Waals surface area contributed by atoms with Crippen molar-refractivity contribution >= 4 is 33.0 Å². The maximum Gasteiger partial charge on any atom is 0.270 e. The Bertz CT molecular complexity index is 1240. The number of hydrogen-bond acceptors (Lipinski definition) is 10. The van der Waals surface area contributed by atoms with Crippen LogP contribution in [0.2, 0.25) is 0 Å². The quantitative estimate of drug-likeness (QED) is 0.169. The molecule has 0 saturated carbocycles. The maximum absolute atomic E-state index is 11.0. The second-order valence-corrected chi connectivity index (χ2v) is 8.32. The van der Waals surface area contributed by atoms with Crippen LogP contribution in [0.1, 0.15) is 0 Å². The van der Waals surface area contributed by atoms with Crippen LogP contribution in [0.15, 0.2) is 71.2 Å². The highest BCUT2D eigenvalue weighted by atomic mass is 33.1. The number of nitro benzene ring substituents is 2.